The molecule has 2 saturated heterocycles. The summed E-state index contributed by atoms with van der Waals surface area (Å²) in [5.41, 5.74) is 0.814. The van der Waals surface area contributed by atoms with E-state index in [2.05, 4.69) is 25.1 Å². The normalized spacial score (nSPS) is 18.1. The van der Waals surface area contributed by atoms with E-state index in [0.29, 0.717) is 24.5 Å². The van der Waals surface area contributed by atoms with Gasteiger partial charge in [-0.2, -0.15) is 4.31 Å². The van der Waals surface area contributed by atoms with Gasteiger partial charge in [0.25, 0.3) is 0 Å². The van der Waals surface area contributed by atoms with Crippen molar-refractivity contribution in [2.75, 3.05) is 57.3 Å². The highest BCUT2D eigenvalue weighted by Crippen LogP contribution is 2.21. The van der Waals surface area contributed by atoms with E-state index < -0.39 is 10.0 Å². The van der Waals surface area contributed by atoms with Crippen LogP contribution in [0.25, 0.3) is 0 Å². The number of hydrogen-bond acceptors (Lipinski definition) is 7. The zero-order chi connectivity index (χ0) is 23.8. The number of piperazine rings is 1. The van der Waals surface area contributed by atoms with Gasteiger partial charge < -0.3 is 10.2 Å². The Morgan fingerprint density at radius 2 is 1.59 bits per heavy atom. The van der Waals surface area contributed by atoms with Gasteiger partial charge in [0.2, 0.25) is 21.9 Å². The van der Waals surface area contributed by atoms with E-state index in [-0.39, 0.29) is 12.3 Å². The molecule has 0 saturated carbocycles. The van der Waals surface area contributed by atoms with Crippen molar-refractivity contribution in [3.05, 3.63) is 48.3 Å². The molecule has 2 aliphatic heterocycles. The summed E-state index contributed by atoms with van der Waals surface area (Å²) in [5.74, 6) is 0.740. The molecule has 0 unspecified atom stereocenters. The summed E-state index contributed by atoms with van der Waals surface area (Å²) in [6, 6.07) is 8.54. The number of amides is 1. The molecule has 0 aliphatic carbocycles. The van der Waals surface area contributed by atoms with Crippen LogP contribution in [0.3, 0.4) is 0 Å². The number of hydrogen-bond donors (Lipinski definition) is 1. The van der Waals surface area contributed by atoms with Crippen molar-refractivity contribution in [3.8, 4) is 0 Å². The quantitative estimate of drug-likeness (QED) is 0.537. The van der Waals surface area contributed by atoms with Crippen molar-refractivity contribution in [3.63, 3.8) is 0 Å². The molecule has 1 aromatic carbocycles. The Kier molecular flexibility index (Phi) is 8.47. The second-order valence-corrected chi connectivity index (χ2v) is 10.8. The number of nitrogens with zero attached hydrogens (tertiary/aromatic N) is 5. The molecule has 4 rings (SSSR count). The standard InChI is InChI=1S/C24H34N6O3S/c31-23(20-21-6-8-22(9-7-21)34(32,33)30-14-2-1-3-15-30)25-12-5-13-28-16-18-29(19-17-28)24-26-10-4-11-27-24/h4,6-11H,1-3,5,12-20H2,(H,25,31). The van der Waals surface area contributed by atoms with Crippen LogP contribution in [0, 0.1) is 0 Å². The minimum absolute atomic E-state index is 0.0438. The number of rotatable bonds is 9. The Hall–Kier alpha value is -2.56. The molecular weight excluding hydrogens is 452 g/mol. The Labute approximate surface area is 202 Å². The van der Waals surface area contributed by atoms with Gasteiger partial charge in [0, 0.05) is 58.2 Å². The van der Waals surface area contributed by atoms with Gasteiger partial charge in [-0.15, -0.1) is 0 Å². The van der Waals surface area contributed by atoms with Gasteiger partial charge in [-0.1, -0.05) is 18.6 Å². The summed E-state index contributed by atoms with van der Waals surface area (Å²) in [7, 11) is -3.44. The fourth-order valence-corrected chi connectivity index (χ4v) is 5.96. The molecule has 0 spiro atoms. The van der Waals surface area contributed by atoms with Gasteiger partial charge in [-0.05, 0) is 49.6 Å². The number of benzene rings is 1. The van der Waals surface area contributed by atoms with Crippen LogP contribution in [0.5, 0.6) is 0 Å². The summed E-state index contributed by atoms with van der Waals surface area (Å²) >= 11 is 0. The third kappa shape index (κ3) is 6.52. The smallest absolute Gasteiger partial charge is 0.243 e. The first kappa shape index (κ1) is 24.6. The van der Waals surface area contributed by atoms with Gasteiger partial charge in [0.1, 0.15) is 0 Å². The molecule has 184 valence electrons. The number of carbonyl (C=O) groups excluding carboxylic acids is 1. The zero-order valence-electron chi connectivity index (χ0n) is 19.6. The fraction of sp³-hybridized carbons (Fsp3) is 0.542. The zero-order valence-corrected chi connectivity index (χ0v) is 20.4. The Balaban J connectivity index is 1.14. The lowest BCUT2D eigenvalue weighted by atomic mass is 10.1. The van der Waals surface area contributed by atoms with Crippen molar-refractivity contribution in [1.29, 1.82) is 0 Å². The maximum atomic E-state index is 12.7. The highest BCUT2D eigenvalue weighted by molar-refractivity contribution is 7.89. The largest absolute Gasteiger partial charge is 0.356 e. The van der Waals surface area contributed by atoms with E-state index in [1.54, 1.807) is 41.0 Å². The number of nitrogens with one attached hydrogen (secondary N) is 1. The first-order valence-electron chi connectivity index (χ1n) is 12.1. The summed E-state index contributed by atoms with van der Waals surface area (Å²) in [6.07, 6.45) is 7.58. The highest BCUT2D eigenvalue weighted by atomic mass is 32.2. The van der Waals surface area contributed by atoms with Crippen LogP contribution in [-0.2, 0) is 21.2 Å². The molecule has 2 fully saturated rings. The minimum atomic E-state index is -3.44. The van der Waals surface area contributed by atoms with E-state index in [9.17, 15) is 13.2 Å². The van der Waals surface area contributed by atoms with Crippen LogP contribution in [0.4, 0.5) is 5.95 Å². The SMILES string of the molecule is O=C(Cc1ccc(S(=O)(=O)N2CCCCC2)cc1)NCCCN1CCN(c2ncccn2)CC1. The minimum Gasteiger partial charge on any atom is -0.356 e. The molecule has 10 heteroatoms. The van der Waals surface area contributed by atoms with Crippen molar-refractivity contribution < 1.29 is 13.2 Å². The van der Waals surface area contributed by atoms with Crippen LogP contribution in [0.15, 0.2) is 47.6 Å². The van der Waals surface area contributed by atoms with E-state index in [1.165, 1.54) is 0 Å². The lowest BCUT2D eigenvalue weighted by Crippen LogP contribution is -2.47. The topological polar surface area (TPSA) is 98.7 Å². The number of carbonyl (C=O) groups is 1. The Bertz CT molecular complexity index is 1020. The van der Waals surface area contributed by atoms with Crippen molar-refractivity contribution >= 4 is 21.9 Å². The lowest BCUT2D eigenvalue weighted by Gasteiger charge is -2.34. The van der Waals surface area contributed by atoms with E-state index in [1.807, 2.05) is 6.07 Å². The van der Waals surface area contributed by atoms with Crippen LogP contribution < -0.4 is 10.2 Å². The molecule has 34 heavy (non-hydrogen) atoms. The van der Waals surface area contributed by atoms with Crippen molar-refractivity contribution in [1.82, 2.24) is 24.5 Å². The molecule has 1 aromatic heterocycles. The third-order valence-corrected chi connectivity index (χ3v) is 8.33. The van der Waals surface area contributed by atoms with Crippen molar-refractivity contribution in [2.45, 2.75) is 37.0 Å². The number of aromatic nitrogens is 2. The average molecular weight is 487 g/mol. The molecule has 0 radical (unpaired) electrons. The van der Waals surface area contributed by atoms with Crippen LogP contribution in [0.2, 0.25) is 0 Å². The molecule has 2 aliphatic rings. The van der Waals surface area contributed by atoms with Gasteiger partial charge in [-0.25, -0.2) is 18.4 Å². The predicted molar refractivity (Wildman–Crippen MR) is 131 cm³/mol. The molecule has 2 aromatic rings. The summed E-state index contributed by atoms with van der Waals surface area (Å²) in [6.45, 7) is 6.46. The van der Waals surface area contributed by atoms with Crippen LogP contribution >= 0.6 is 0 Å². The van der Waals surface area contributed by atoms with Gasteiger partial charge in [0.15, 0.2) is 0 Å². The maximum Gasteiger partial charge on any atom is 0.243 e. The first-order chi connectivity index (χ1) is 16.5. The van der Waals surface area contributed by atoms with Crippen molar-refractivity contribution in [2.24, 2.45) is 0 Å². The molecule has 0 atom stereocenters. The van der Waals surface area contributed by atoms with Gasteiger partial charge in [-0.3, -0.25) is 9.69 Å². The maximum absolute atomic E-state index is 12.7. The molecule has 3 heterocycles. The average Bonchev–Trinajstić information content (AvgIpc) is 2.88. The fourth-order valence-electron chi connectivity index (χ4n) is 4.44. The number of sulfonamides is 1. The first-order valence-corrected chi connectivity index (χ1v) is 13.6. The monoisotopic (exact) mass is 486 g/mol. The second kappa shape index (κ2) is 11.7. The van der Waals surface area contributed by atoms with Crippen LogP contribution in [-0.4, -0.2) is 85.9 Å². The molecular formula is C24H34N6O3S. The number of anilines is 1. The summed E-state index contributed by atoms with van der Waals surface area (Å²) in [4.78, 5) is 25.8. The predicted octanol–water partition coefficient (Wildman–Crippen LogP) is 1.52. The summed E-state index contributed by atoms with van der Waals surface area (Å²) in [5, 5.41) is 2.98. The molecule has 1 amide bonds. The van der Waals surface area contributed by atoms with E-state index in [4.69, 9.17) is 0 Å². The van der Waals surface area contributed by atoms with Gasteiger partial charge in [0.05, 0.1) is 11.3 Å². The summed E-state index contributed by atoms with van der Waals surface area (Å²) < 4.78 is 27.1. The Morgan fingerprint density at radius 3 is 2.26 bits per heavy atom. The third-order valence-electron chi connectivity index (χ3n) is 6.42. The Morgan fingerprint density at radius 1 is 0.912 bits per heavy atom. The molecule has 9 nitrogen and oxygen atoms in total. The van der Waals surface area contributed by atoms with E-state index >= 15 is 0 Å². The van der Waals surface area contributed by atoms with Gasteiger partial charge >= 0.3 is 0 Å². The second-order valence-electron chi connectivity index (χ2n) is 8.87. The lowest BCUT2D eigenvalue weighted by molar-refractivity contribution is -0.120. The van der Waals surface area contributed by atoms with E-state index in [0.717, 1.165) is 69.9 Å². The molecule has 1 N–H and O–H groups in total. The molecule has 0 bridgehead atoms. The highest BCUT2D eigenvalue weighted by Gasteiger charge is 2.25. The van der Waals surface area contributed by atoms with Crippen LogP contribution in [0.1, 0.15) is 31.2 Å². The number of piperidine rings is 1.